The number of carbonyl (C=O) groups excluding carboxylic acids is 2. The van der Waals surface area contributed by atoms with Gasteiger partial charge in [0, 0.05) is 18.2 Å². The molecule has 2 amide bonds. The van der Waals surface area contributed by atoms with Crippen molar-refractivity contribution in [3.05, 3.63) is 77.9 Å². The Morgan fingerprint density at radius 2 is 1.41 bits per heavy atom. The predicted molar refractivity (Wildman–Crippen MR) is 123 cm³/mol. The van der Waals surface area contributed by atoms with E-state index in [1.54, 1.807) is 73.8 Å². The second kappa shape index (κ2) is 10.8. The van der Waals surface area contributed by atoms with E-state index in [2.05, 4.69) is 10.6 Å². The Hall–Kier alpha value is -4.04. The van der Waals surface area contributed by atoms with Crippen LogP contribution in [0.15, 0.2) is 66.7 Å². The SMILES string of the molecule is COc1ccc(C(=O)Nc2ccccc2NC(=O)c2ccc(OC)cc2OCCN)cc1. The summed E-state index contributed by atoms with van der Waals surface area (Å²) in [4.78, 5) is 25.6. The molecule has 0 fully saturated rings. The van der Waals surface area contributed by atoms with Crippen LogP contribution in [0.25, 0.3) is 0 Å². The molecule has 3 aromatic rings. The molecule has 0 saturated heterocycles. The second-order valence-electron chi connectivity index (χ2n) is 6.68. The zero-order valence-electron chi connectivity index (χ0n) is 17.9. The number of anilines is 2. The maximum Gasteiger partial charge on any atom is 0.259 e. The number of hydrogen-bond donors (Lipinski definition) is 3. The fourth-order valence-electron chi connectivity index (χ4n) is 2.93. The van der Waals surface area contributed by atoms with E-state index in [0.717, 1.165) is 0 Å². The molecule has 0 aliphatic carbocycles. The lowest BCUT2D eigenvalue weighted by Gasteiger charge is -2.15. The number of carbonyl (C=O) groups is 2. The highest BCUT2D eigenvalue weighted by atomic mass is 16.5. The van der Waals surface area contributed by atoms with Crippen molar-refractivity contribution in [2.24, 2.45) is 5.73 Å². The topological polar surface area (TPSA) is 112 Å². The molecule has 0 bridgehead atoms. The van der Waals surface area contributed by atoms with E-state index in [9.17, 15) is 9.59 Å². The van der Waals surface area contributed by atoms with E-state index in [0.29, 0.717) is 46.3 Å². The maximum atomic E-state index is 13.0. The molecule has 0 saturated carbocycles. The van der Waals surface area contributed by atoms with Crippen molar-refractivity contribution in [2.45, 2.75) is 0 Å². The number of rotatable bonds is 9. The van der Waals surface area contributed by atoms with Gasteiger partial charge in [0.2, 0.25) is 0 Å². The number of benzene rings is 3. The fourth-order valence-corrected chi connectivity index (χ4v) is 2.93. The first-order valence-electron chi connectivity index (χ1n) is 9.92. The van der Waals surface area contributed by atoms with Gasteiger partial charge >= 0.3 is 0 Å². The number of para-hydroxylation sites is 2. The van der Waals surface area contributed by atoms with Gasteiger partial charge in [-0.2, -0.15) is 0 Å². The van der Waals surface area contributed by atoms with E-state index in [1.165, 1.54) is 7.11 Å². The number of nitrogens with one attached hydrogen (secondary N) is 2. The number of amides is 2. The number of nitrogens with two attached hydrogens (primary N) is 1. The summed E-state index contributed by atoms with van der Waals surface area (Å²) in [7, 11) is 3.09. The third-order valence-electron chi connectivity index (χ3n) is 4.58. The smallest absolute Gasteiger partial charge is 0.259 e. The van der Waals surface area contributed by atoms with Gasteiger partial charge in [-0.1, -0.05) is 12.1 Å². The van der Waals surface area contributed by atoms with Crippen LogP contribution in [0.3, 0.4) is 0 Å². The maximum absolute atomic E-state index is 13.0. The van der Waals surface area contributed by atoms with E-state index in [-0.39, 0.29) is 12.5 Å². The van der Waals surface area contributed by atoms with Gasteiger partial charge < -0.3 is 30.6 Å². The number of ether oxygens (including phenoxy) is 3. The highest BCUT2D eigenvalue weighted by Crippen LogP contribution is 2.28. The fraction of sp³-hybridized carbons (Fsp3) is 0.167. The van der Waals surface area contributed by atoms with Crippen LogP contribution in [0.2, 0.25) is 0 Å². The molecule has 166 valence electrons. The van der Waals surface area contributed by atoms with Crippen LogP contribution in [0.5, 0.6) is 17.2 Å². The van der Waals surface area contributed by atoms with Gasteiger partial charge in [0.05, 0.1) is 31.2 Å². The van der Waals surface area contributed by atoms with Gasteiger partial charge in [0.15, 0.2) is 0 Å². The lowest BCUT2D eigenvalue weighted by Crippen LogP contribution is -2.18. The summed E-state index contributed by atoms with van der Waals surface area (Å²) in [5.41, 5.74) is 7.20. The molecule has 4 N–H and O–H groups in total. The second-order valence-corrected chi connectivity index (χ2v) is 6.68. The standard InChI is InChI=1S/C24H25N3O5/c1-30-17-9-7-16(8-10-17)23(28)26-20-5-3-4-6-21(20)27-24(29)19-12-11-18(31-2)15-22(19)32-14-13-25/h3-12,15H,13-14,25H2,1-2H3,(H,26,28)(H,27,29). The molecule has 0 unspecified atom stereocenters. The predicted octanol–water partition coefficient (Wildman–Crippen LogP) is 3.55. The normalized spacial score (nSPS) is 10.2. The molecule has 32 heavy (non-hydrogen) atoms. The van der Waals surface area contributed by atoms with Gasteiger partial charge in [-0.25, -0.2) is 0 Å². The van der Waals surface area contributed by atoms with Gasteiger partial charge in [-0.05, 0) is 48.5 Å². The molecule has 3 aromatic carbocycles. The first-order valence-corrected chi connectivity index (χ1v) is 9.92. The summed E-state index contributed by atoms with van der Waals surface area (Å²) in [5, 5.41) is 5.66. The van der Waals surface area contributed by atoms with Crippen molar-refractivity contribution in [1.82, 2.24) is 0 Å². The number of hydrogen-bond acceptors (Lipinski definition) is 6. The average Bonchev–Trinajstić information content (AvgIpc) is 2.83. The summed E-state index contributed by atoms with van der Waals surface area (Å²) in [6, 6.07) is 18.6. The van der Waals surface area contributed by atoms with Crippen LogP contribution in [0, 0.1) is 0 Å². The van der Waals surface area contributed by atoms with Crippen LogP contribution < -0.4 is 30.6 Å². The Morgan fingerprint density at radius 1 is 0.812 bits per heavy atom. The summed E-state index contributed by atoms with van der Waals surface area (Å²) in [5.74, 6) is 0.853. The van der Waals surface area contributed by atoms with Gasteiger partial charge in [0.1, 0.15) is 23.9 Å². The summed E-state index contributed by atoms with van der Waals surface area (Å²) >= 11 is 0. The van der Waals surface area contributed by atoms with Gasteiger partial charge in [-0.3, -0.25) is 9.59 Å². The zero-order chi connectivity index (χ0) is 22.9. The molecular weight excluding hydrogens is 410 g/mol. The Bertz CT molecular complexity index is 1080. The molecule has 8 nitrogen and oxygen atoms in total. The van der Waals surface area contributed by atoms with Gasteiger partial charge in [0.25, 0.3) is 11.8 Å². The lowest BCUT2D eigenvalue weighted by molar-refractivity contribution is 0.101. The van der Waals surface area contributed by atoms with E-state index in [1.807, 2.05) is 0 Å². The Kier molecular flexibility index (Phi) is 7.66. The van der Waals surface area contributed by atoms with Crippen molar-refractivity contribution in [1.29, 1.82) is 0 Å². The van der Waals surface area contributed by atoms with E-state index < -0.39 is 5.91 Å². The zero-order valence-corrected chi connectivity index (χ0v) is 17.9. The largest absolute Gasteiger partial charge is 0.497 e. The van der Waals surface area contributed by atoms with Crippen LogP contribution in [-0.4, -0.2) is 39.2 Å². The van der Waals surface area contributed by atoms with Crippen LogP contribution in [0.4, 0.5) is 11.4 Å². The first-order chi connectivity index (χ1) is 15.5. The molecule has 8 heteroatoms. The van der Waals surface area contributed by atoms with E-state index in [4.69, 9.17) is 19.9 Å². The molecule has 3 rings (SSSR count). The number of methoxy groups -OCH3 is 2. The minimum Gasteiger partial charge on any atom is -0.497 e. The highest BCUT2D eigenvalue weighted by Gasteiger charge is 2.16. The Morgan fingerprint density at radius 3 is 2.00 bits per heavy atom. The minimum absolute atomic E-state index is 0.252. The Labute approximate surface area is 186 Å². The monoisotopic (exact) mass is 435 g/mol. The van der Waals surface area contributed by atoms with Crippen molar-refractivity contribution >= 4 is 23.2 Å². The third kappa shape index (κ3) is 5.55. The van der Waals surface area contributed by atoms with Crippen molar-refractivity contribution < 1.29 is 23.8 Å². The quantitative estimate of drug-likeness (QED) is 0.474. The highest BCUT2D eigenvalue weighted by molar-refractivity contribution is 6.10. The average molecular weight is 435 g/mol. The molecule has 0 spiro atoms. The summed E-state index contributed by atoms with van der Waals surface area (Å²) in [6.07, 6.45) is 0. The molecule has 0 aromatic heterocycles. The third-order valence-corrected chi connectivity index (χ3v) is 4.58. The molecule has 0 atom stereocenters. The van der Waals surface area contributed by atoms with Crippen LogP contribution in [-0.2, 0) is 0 Å². The summed E-state index contributed by atoms with van der Waals surface area (Å²) < 4.78 is 15.9. The minimum atomic E-state index is -0.397. The Balaban J connectivity index is 1.80. The molecule has 0 heterocycles. The van der Waals surface area contributed by atoms with E-state index >= 15 is 0 Å². The lowest BCUT2D eigenvalue weighted by atomic mass is 10.1. The molecule has 0 aliphatic rings. The molecule has 0 aliphatic heterocycles. The first kappa shape index (κ1) is 22.6. The van der Waals surface area contributed by atoms with Gasteiger partial charge in [-0.15, -0.1) is 0 Å². The summed E-state index contributed by atoms with van der Waals surface area (Å²) in [6.45, 7) is 0.556. The van der Waals surface area contributed by atoms with Crippen molar-refractivity contribution in [3.8, 4) is 17.2 Å². The van der Waals surface area contributed by atoms with Crippen LogP contribution in [0.1, 0.15) is 20.7 Å². The molecular formula is C24H25N3O5. The van der Waals surface area contributed by atoms with Crippen molar-refractivity contribution in [2.75, 3.05) is 38.0 Å². The van der Waals surface area contributed by atoms with Crippen LogP contribution >= 0.6 is 0 Å². The molecule has 0 radical (unpaired) electrons. The van der Waals surface area contributed by atoms with Crippen molar-refractivity contribution in [3.63, 3.8) is 0 Å².